The summed E-state index contributed by atoms with van der Waals surface area (Å²) in [5.41, 5.74) is 4.29. The number of hydrogen-bond donors (Lipinski definition) is 3. The summed E-state index contributed by atoms with van der Waals surface area (Å²) in [6, 6.07) is 0.674. The number of aliphatic hydroxyl groups excluding tert-OH is 2. The molecule has 0 radical (unpaired) electrons. The number of ether oxygens (including phenoxy) is 1. The Bertz CT molecular complexity index is 542. The first kappa shape index (κ1) is 27.3. The van der Waals surface area contributed by atoms with Crippen LogP contribution in [0.15, 0.2) is 0 Å². The fraction of sp³-hybridized carbons (Fsp3) is 0.895. The number of rotatable bonds is 14. The Morgan fingerprint density at radius 3 is 2.33 bits per heavy atom. The van der Waals surface area contributed by atoms with Gasteiger partial charge < -0.3 is 34.0 Å². The Morgan fingerprint density at radius 1 is 1.20 bits per heavy atom. The minimum atomic E-state index is -2.62. The average Bonchev–Trinajstić information content (AvgIpc) is 2.74. The molecule has 4 unspecified atom stereocenters. The van der Waals surface area contributed by atoms with Gasteiger partial charge in [-0.05, 0) is 38.5 Å². The molecule has 1 saturated carbocycles. The van der Waals surface area contributed by atoms with E-state index in [1.54, 1.807) is 28.3 Å². The molecule has 0 bridgehead atoms. The van der Waals surface area contributed by atoms with E-state index in [0.29, 0.717) is 36.3 Å². The largest absolute Gasteiger partial charge is 0.500 e. The highest BCUT2D eigenvalue weighted by atomic mass is 32.2. The number of primary amides is 1. The molecule has 1 amide bonds. The van der Waals surface area contributed by atoms with Crippen LogP contribution in [0.3, 0.4) is 0 Å². The molecule has 0 aromatic rings. The first-order valence-corrected chi connectivity index (χ1v) is 13.3. The van der Waals surface area contributed by atoms with Crippen molar-refractivity contribution in [1.82, 2.24) is 0 Å². The van der Waals surface area contributed by atoms with E-state index in [-0.39, 0.29) is 19.0 Å². The maximum Gasteiger partial charge on any atom is 0.500 e. The van der Waals surface area contributed by atoms with Crippen LogP contribution in [-0.2, 0) is 27.6 Å². The number of amides is 1. The third-order valence-corrected chi connectivity index (χ3v) is 9.85. The first-order valence-electron chi connectivity index (χ1n) is 10.2. The lowest BCUT2D eigenvalue weighted by Gasteiger charge is -2.34. The Balaban J connectivity index is 2.34. The third-order valence-electron chi connectivity index (χ3n) is 5.75. The fourth-order valence-corrected chi connectivity index (χ4v) is 6.43. The van der Waals surface area contributed by atoms with E-state index in [9.17, 15) is 19.8 Å². The van der Waals surface area contributed by atoms with Crippen molar-refractivity contribution in [2.75, 3.05) is 39.4 Å². The van der Waals surface area contributed by atoms with Crippen molar-refractivity contribution in [2.24, 2.45) is 17.1 Å². The van der Waals surface area contributed by atoms with Crippen molar-refractivity contribution >= 4 is 32.4 Å². The summed E-state index contributed by atoms with van der Waals surface area (Å²) in [6.07, 6.45) is 1.80. The van der Waals surface area contributed by atoms with Crippen LogP contribution in [0, 0.1) is 11.3 Å². The molecular weight excluding hydrogens is 430 g/mol. The standard InChI is InChI=1S/C19H37NO8SSi/c1-19(12-21,18(20)24)13-29-9-7-17(23)28-16-6-5-14(11-15(16)22)8-10-30(25-2,26-3)27-4/h14-16,21-22H,5-13H2,1-4H3,(H2,20,24). The Kier molecular flexibility index (Phi) is 11.8. The highest BCUT2D eigenvalue weighted by Gasteiger charge is 2.40. The molecule has 0 aliphatic heterocycles. The maximum absolute atomic E-state index is 12.1. The van der Waals surface area contributed by atoms with Gasteiger partial charge in [0.05, 0.1) is 24.5 Å². The van der Waals surface area contributed by atoms with E-state index in [2.05, 4.69) is 0 Å². The SMILES string of the molecule is CO[Si](CCC1CCC(OC(=O)CCSCC(C)(CO)C(N)=O)C(O)C1)(OC)OC. The number of nitrogens with two attached hydrogens (primary N) is 1. The Labute approximate surface area is 184 Å². The summed E-state index contributed by atoms with van der Waals surface area (Å²) >= 11 is 1.36. The monoisotopic (exact) mass is 467 g/mol. The summed E-state index contributed by atoms with van der Waals surface area (Å²) < 4.78 is 21.8. The first-order chi connectivity index (χ1) is 14.1. The lowest BCUT2D eigenvalue weighted by Crippen LogP contribution is -2.44. The topological polar surface area (TPSA) is 138 Å². The molecule has 1 fully saturated rings. The van der Waals surface area contributed by atoms with Gasteiger partial charge in [0, 0.05) is 38.9 Å². The summed E-state index contributed by atoms with van der Waals surface area (Å²) in [5.74, 6) is 0.128. The zero-order valence-electron chi connectivity index (χ0n) is 18.4. The molecule has 4 atom stereocenters. The van der Waals surface area contributed by atoms with Crippen molar-refractivity contribution in [2.45, 2.75) is 57.3 Å². The normalized spacial score (nSPS) is 24.3. The molecule has 11 heteroatoms. The molecule has 30 heavy (non-hydrogen) atoms. The molecule has 0 heterocycles. The van der Waals surface area contributed by atoms with Crippen LogP contribution in [-0.4, -0.2) is 82.5 Å². The number of carbonyl (C=O) groups excluding carboxylic acids is 2. The van der Waals surface area contributed by atoms with Crippen molar-refractivity contribution in [3.8, 4) is 0 Å². The molecule has 1 aliphatic rings. The molecule has 176 valence electrons. The minimum Gasteiger partial charge on any atom is -0.460 e. The molecular formula is C19H37NO8SSi. The van der Waals surface area contributed by atoms with Gasteiger partial charge in [-0.25, -0.2) is 0 Å². The fourth-order valence-electron chi connectivity index (χ4n) is 3.42. The zero-order chi connectivity index (χ0) is 22.8. The molecule has 0 saturated heterocycles. The second-order valence-corrected chi connectivity index (χ2v) is 12.2. The van der Waals surface area contributed by atoms with Gasteiger partial charge in [-0.1, -0.05) is 0 Å². The zero-order valence-corrected chi connectivity index (χ0v) is 20.2. The highest BCUT2D eigenvalue weighted by molar-refractivity contribution is 7.99. The lowest BCUT2D eigenvalue weighted by atomic mass is 9.84. The van der Waals surface area contributed by atoms with E-state index >= 15 is 0 Å². The average molecular weight is 468 g/mol. The van der Waals surface area contributed by atoms with Gasteiger partial charge in [0.1, 0.15) is 6.10 Å². The molecule has 9 nitrogen and oxygen atoms in total. The second kappa shape index (κ2) is 13.0. The molecule has 0 aromatic heterocycles. The van der Waals surface area contributed by atoms with Crippen molar-refractivity contribution in [1.29, 1.82) is 0 Å². The summed E-state index contributed by atoms with van der Waals surface area (Å²) in [4.78, 5) is 23.5. The van der Waals surface area contributed by atoms with Crippen LogP contribution < -0.4 is 5.73 Å². The van der Waals surface area contributed by atoms with Gasteiger partial charge in [0.15, 0.2) is 0 Å². The van der Waals surface area contributed by atoms with E-state index in [1.807, 2.05) is 0 Å². The third kappa shape index (κ3) is 8.10. The van der Waals surface area contributed by atoms with Gasteiger partial charge in [-0.3, -0.25) is 9.59 Å². The number of aliphatic hydroxyl groups is 2. The van der Waals surface area contributed by atoms with Crippen LogP contribution in [0.2, 0.25) is 6.04 Å². The predicted octanol–water partition coefficient (Wildman–Crippen LogP) is 0.935. The van der Waals surface area contributed by atoms with Gasteiger partial charge in [0.25, 0.3) is 0 Å². The van der Waals surface area contributed by atoms with Gasteiger partial charge in [-0.15, -0.1) is 0 Å². The maximum atomic E-state index is 12.1. The van der Waals surface area contributed by atoms with Crippen molar-refractivity contribution < 1.29 is 37.8 Å². The molecule has 0 aromatic carbocycles. The van der Waals surface area contributed by atoms with Gasteiger partial charge >= 0.3 is 14.8 Å². The predicted molar refractivity (Wildman–Crippen MR) is 116 cm³/mol. The Morgan fingerprint density at radius 2 is 1.83 bits per heavy atom. The lowest BCUT2D eigenvalue weighted by molar-refractivity contribution is -0.158. The number of esters is 1. The van der Waals surface area contributed by atoms with Crippen LogP contribution in [0.4, 0.5) is 0 Å². The molecule has 1 rings (SSSR count). The van der Waals surface area contributed by atoms with Crippen molar-refractivity contribution in [3.63, 3.8) is 0 Å². The summed E-state index contributed by atoms with van der Waals surface area (Å²) in [6.45, 7) is 1.26. The van der Waals surface area contributed by atoms with Crippen molar-refractivity contribution in [3.05, 3.63) is 0 Å². The smallest absolute Gasteiger partial charge is 0.460 e. The highest BCUT2D eigenvalue weighted by Crippen LogP contribution is 2.32. The van der Waals surface area contributed by atoms with Gasteiger partial charge in [0.2, 0.25) is 5.91 Å². The van der Waals surface area contributed by atoms with Crippen LogP contribution in [0.1, 0.15) is 39.0 Å². The summed E-state index contributed by atoms with van der Waals surface area (Å²) in [7, 11) is 2.13. The Hall–Kier alpha value is -0.693. The van der Waals surface area contributed by atoms with E-state index < -0.39 is 32.3 Å². The number of thioether (sulfide) groups is 1. The summed E-state index contributed by atoms with van der Waals surface area (Å²) in [5, 5.41) is 19.7. The second-order valence-electron chi connectivity index (χ2n) is 7.99. The van der Waals surface area contributed by atoms with Gasteiger partial charge in [-0.2, -0.15) is 11.8 Å². The van der Waals surface area contributed by atoms with E-state index in [1.165, 1.54) is 11.8 Å². The van der Waals surface area contributed by atoms with Crippen LogP contribution >= 0.6 is 11.8 Å². The van der Waals surface area contributed by atoms with Crippen LogP contribution in [0.5, 0.6) is 0 Å². The minimum absolute atomic E-state index is 0.168. The molecule has 4 N–H and O–H groups in total. The number of carbonyl (C=O) groups is 2. The molecule has 0 spiro atoms. The van der Waals surface area contributed by atoms with Crippen LogP contribution in [0.25, 0.3) is 0 Å². The van der Waals surface area contributed by atoms with E-state index in [0.717, 1.165) is 12.8 Å². The van der Waals surface area contributed by atoms with E-state index in [4.69, 9.17) is 23.7 Å². The molecule has 1 aliphatic carbocycles. The number of hydrogen-bond acceptors (Lipinski definition) is 9. The quantitative estimate of drug-likeness (QED) is 0.193.